The maximum absolute atomic E-state index is 11.8. The summed E-state index contributed by atoms with van der Waals surface area (Å²) in [5.74, 6) is -0.241. The van der Waals surface area contributed by atoms with Crippen LogP contribution in [0.2, 0.25) is 5.02 Å². The fourth-order valence-corrected chi connectivity index (χ4v) is 3.29. The minimum Gasteiger partial charge on any atom is -0.495 e. The monoisotopic (exact) mass is 298 g/mol. The van der Waals surface area contributed by atoms with E-state index in [0.717, 1.165) is 24.0 Å². The van der Waals surface area contributed by atoms with Crippen LogP contribution >= 0.6 is 11.6 Å². The third-order valence-corrected chi connectivity index (χ3v) is 4.35. The minimum atomic E-state index is -0.843. The predicted octanol–water partition coefficient (Wildman–Crippen LogP) is 3.39. The fourth-order valence-electron chi connectivity index (χ4n) is 3.05. The topological polar surface area (TPSA) is 55.8 Å². The Kier molecular flexibility index (Phi) is 4.55. The molecular formula is C15H19ClO4. The number of carboxylic acid groups (broad SMARTS) is 1. The Morgan fingerprint density at radius 3 is 2.50 bits per heavy atom. The molecule has 5 heteroatoms. The molecule has 0 amide bonds. The van der Waals surface area contributed by atoms with Crippen molar-refractivity contribution in [1.82, 2.24) is 0 Å². The zero-order chi connectivity index (χ0) is 14.8. The lowest BCUT2D eigenvalue weighted by atomic mass is 9.76. The van der Waals surface area contributed by atoms with E-state index in [0.29, 0.717) is 30.2 Å². The van der Waals surface area contributed by atoms with Gasteiger partial charge in [-0.2, -0.15) is 0 Å². The fraction of sp³-hybridized carbons (Fsp3) is 0.533. The maximum Gasteiger partial charge on any atom is 0.314 e. The van der Waals surface area contributed by atoms with Gasteiger partial charge in [-0.05, 0) is 36.1 Å². The molecule has 0 saturated heterocycles. The van der Waals surface area contributed by atoms with Gasteiger partial charge in [0, 0.05) is 7.11 Å². The average molecular weight is 299 g/mol. The molecule has 1 aliphatic rings. The van der Waals surface area contributed by atoms with Crippen molar-refractivity contribution in [1.29, 1.82) is 0 Å². The van der Waals surface area contributed by atoms with Gasteiger partial charge >= 0.3 is 5.97 Å². The van der Waals surface area contributed by atoms with Crippen LogP contribution in [0.3, 0.4) is 0 Å². The Hall–Kier alpha value is -1.26. The second-order valence-electron chi connectivity index (χ2n) is 5.17. The molecule has 0 aromatic heterocycles. The van der Waals surface area contributed by atoms with E-state index in [-0.39, 0.29) is 0 Å². The van der Waals surface area contributed by atoms with Crippen molar-refractivity contribution in [3.63, 3.8) is 0 Å². The highest BCUT2D eigenvalue weighted by molar-refractivity contribution is 6.32. The SMILES string of the molecule is COCc1cc(OC)c(Cl)cc1C1(C(=O)O)CCCC1. The van der Waals surface area contributed by atoms with Crippen molar-refractivity contribution < 1.29 is 19.4 Å². The van der Waals surface area contributed by atoms with Crippen LogP contribution in [-0.4, -0.2) is 25.3 Å². The summed E-state index contributed by atoms with van der Waals surface area (Å²) in [5.41, 5.74) is 0.747. The van der Waals surface area contributed by atoms with Crippen LogP contribution in [-0.2, 0) is 21.6 Å². The third-order valence-electron chi connectivity index (χ3n) is 4.06. The first kappa shape index (κ1) is 15.1. The highest BCUT2D eigenvalue weighted by atomic mass is 35.5. The summed E-state index contributed by atoms with van der Waals surface area (Å²) in [6.45, 7) is 0.345. The summed E-state index contributed by atoms with van der Waals surface area (Å²) in [7, 11) is 3.13. The zero-order valence-corrected chi connectivity index (χ0v) is 12.5. The van der Waals surface area contributed by atoms with Gasteiger partial charge in [-0.25, -0.2) is 0 Å². The molecule has 0 atom stereocenters. The Labute approximate surface area is 123 Å². The van der Waals surface area contributed by atoms with Crippen molar-refractivity contribution in [3.8, 4) is 5.75 Å². The highest BCUT2D eigenvalue weighted by Crippen LogP contribution is 2.45. The number of aliphatic carboxylic acids is 1. The number of benzene rings is 1. The van der Waals surface area contributed by atoms with Gasteiger partial charge in [-0.1, -0.05) is 24.4 Å². The molecule has 1 aromatic rings. The van der Waals surface area contributed by atoms with Crippen molar-refractivity contribution in [2.24, 2.45) is 0 Å². The summed E-state index contributed by atoms with van der Waals surface area (Å²) in [5, 5.41) is 10.2. The molecule has 0 spiro atoms. The van der Waals surface area contributed by atoms with E-state index in [1.807, 2.05) is 0 Å². The van der Waals surface area contributed by atoms with Gasteiger partial charge in [0.15, 0.2) is 0 Å². The first-order valence-electron chi connectivity index (χ1n) is 6.64. The largest absolute Gasteiger partial charge is 0.495 e. The normalized spacial score (nSPS) is 17.1. The van der Waals surface area contributed by atoms with Crippen LogP contribution in [0.1, 0.15) is 36.8 Å². The van der Waals surface area contributed by atoms with E-state index in [2.05, 4.69) is 0 Å². The Morgan fingerprint density at radius 2 is 2.00 bits per heavy atom. The molecule has 1 fully saturated rings. The van der Waals surface area contributed by atoms with Crippen LogP contribution in [0.15, 0.2) is 12.1 Å². The van der Waals surface area contributed by atoms with Crippen LogP contribution in [0, 0.1) is 0 Å². The summed E-state index contributed by atoms with van der Waals surface area (Å²) < 4.78 is 10.4. The Bertz CT molecular complexity index is 507. The molecule has 0 heterocycles. The summed E-state index contributed by atoms with van der Waals surface area (Å²) in [6, 6.07) is 3.51. The zero-order valence-electron chi connectivity index (χ0n) is 11.7. The van der Waals surface area contributed by atoms with E-state index in [1.54, 1.807) is 26.4 Å². The van der Waals surface area contributed by atoms with Crippen molar-refractivity contribution in [3.05, 3.63) is 28.3 Å². The van der Waals surface area contributed by atoms with E-state index in [4.69, 9.17) is 21.1 Å². The molecule has 0 radical (unpaired) electrons. The summed E-state index contributed by atoms with van der Waals surface area (Å²) in [6.07, 6.45) is 3.12. The molecule has 110 valence electrons. The molecule has 2 rings (SSSR count). The van der Waals surface area contributed by atoms with Gasteiger partial charge in [0.05, 0.1) is 24.2 Å². The van der Waals surface area contributed by atoms with E-state index in [1.165, 1.54) is 0 Å². The number of hydrogen-bond donors (Lipinski definition) is 1. The maximum atomic E-state index is 11.8. The minimum absolute atomic E-state index is 0.345. The second-order valence-corrected chi connectivity index (χ2v) is 5.58. The summed E-state index contributed by atoms with van der Waals surface area (Å²) in [4.78, 5) is 11.8. The smallest absolute Gasteiger partial charge is 0.314 e. The highest BCUT2D eigenvalue weighted by Gasteiger charge is 2.44. The number of rotatable bonds is 5. The molecule has 0 aliphatic heterocycles. The number of methoxy groups -OCH3 is 2. The van der Waals surface area contributed by atoms with Gasteiger partial charge in [-0.15, -0.1) is 0 Å². The number of halogens is 1. The van der Waals surface area contributed by atoms with Gasteiger partial charge in [0.25, 0.3) is 0 Å². The lowest BCUT2D eigenvalue weighted by Gasteiger charge is -2.27. The molecule has 1 saturated carbocycles. The molecule has 0 bridgehead atoms. The molecule has 4 nitrogen and oxygen atoms in total. The average Bonchev–Trinajstić information content (AvgIpc) is 2.91. The molecule has 0 unspecified atom stereocenters. The van der Waals surface area contributed by atoms with E-state index >= 15 is 0 Å². The molecule has 1 aliphatic carbocycles. The number of hydrogen-bond acceptors (Lipinski definition) is 3. The van der Waals surface area contributed by atoms with Crippen LogP contribution in [0.5, 0.6) is 5.75 Å². The number of carbonyl (C=O) groups is 1. The van der Waals surface area contributed by atoms with Gasteiger partial charge in [0.2, 0.25) is 0 Å². The second kappa shape index (κ2) is 6.02. The predicted molar refractivity (Wildman–Crippen MR) is 76.5 cm³/mol. The van der Waals surface area contributed by atoms with Crippen molar-refractivity contribution >= 4 is 17.6 Å². The lowest BCUT2D eigenvalue weighted by molar-refractivity contribution is -0.143. The summed E-state index contributed by atoms with van der Waals surface area (Å²) >= 11 is 6.19. The van der Waals surface area contributed by atoms with Crippen molar-refractivity contribution in [2.75, 3.05) is 14.2 Å². The van der Waals surface area contributed by atoms with Crippen LogP contribution < -0.4 is 4.74 Å². The van der Waals surface area contributed by atoms with Gasteiger partial charge in [-0.3, -0.25) is 4.79 Å². The van der Waals surface area contributed by atoms with Crippen LogP contribution in [0.25, 0.3) is 0 Å². The molecule has 20 heavy (non-hydrogen) atoms. The lowest BCUT2D eigenvalue weighted by Crippen LogP contribution is -2.33. The molecule has 1 aromatic carbocycles. The molecule has 1 N–H and O–H groups in total. The van der Waals surface area contributed by atoms with Crippen molar-refractivity contribution in [2.45, 2.75) is 37.7 Å². The van der Waals surface area contributed by atoms with E-state index in [9.17, 15) is 9.90 Å². The van der Waals surface area contributed by atoms with Crippen LogP contribution in [0.4, 0.5) is 0 Å². The first-order valence-corrected chi connectivity index (χ1v) is 7.02. The van der Waals surface area contributed by atoms with Gasteiger partial charge < -0.3 is 14.6 Å². The molecular weight excluding hydrogens is 280 g/mol. The van der Waals surface area contributed by atoms with Gasteiger partial charge in [0.1, 0.15) is 5.75 Å². The quantitative estimate of drug-likeness (QED) is 0.905. The standard InChI is InChI=1S/C15H19ClO4/c1-19-9-10-7-13(20-2)12(16)8-11(10)15(14(17)18)5-3-4-6-15/h7-8H,3-6,9H2,1-2H3,(H,17,18). The van der Waals surface area contributed by atoms with E-state index < -0.39 is 11.4 Å². The third kappa shape index (κ3) is 2.50. The Morgan fingerprint density at radius 1 is 1.35 bits per heavy atom. The Balaban J connectivity index is 2.58. The number of carboxylic acids is 1. The first-order chi connectivity index (χ1) is 9.55. The number of ether oxygens (including phenoxy) is 2.